The highest BCUT2D eigenvalue weighted by Gasteiger charge is 2.52. The normalized spacial score (nSPS) is 15.7. The van der Waals surface area contributed by atoms with E-state index in [0.29, 0.717) is 0 Å². The Bertz CT molecular complexity index is 957. The third-order valence-electron chi connectivity index (χ3n) is 8.40. The van der Waals surface area contributed by atoms with Gasteiger partial charge in [-0.2, -0.15) is 0 Å². The molecule has 0 aliphatic carbocycles. The van der Waals surface area contributed by atoms with Crippen LogP contribution in [0.5, 0.6) is 0 Å². The molecule has 0 unspecified atom stereocenters. The van der Waals surface area contributed by atoms with Crippen molar-refractivity contribution in [3.63, 3.8) is 0 Å². The highest BCUT2D eigenvalue weighted by molar-refractivity contribution is 6.99. The SMILES string of the molecule is CC[C@H](CCC[C@H](O[Si](c1ccccc1)(c1ccccc1)C(C)(C)C)[C@@H](C)C(=O)Cl)O[Si](C)(C)C(C)(C)C. The maximum absolute atomic E-state index is 12.5. The third kappa shape index (κ3) is 7.91. The van der Waals surface area contributed by atoms with Gasteiger partial charge in [0, 0.05) is 6.10 Å². The molecule has 0 heterocycles. The number of hydrogen-bond acceptors (Lipinski definition) is 3. The van der Waals surface area contributed by atoms with Crippen LogP contribution in [-0.2, 0) is 13.6 Å². The maximum atomic E-state index is 12.5. The molecular formula is C32H51ClO3Si2. The zero-order valence-electron chi connectivity index (χ0n) is 25.4. The molecule has 0 aliphatic rings. The van der Waals surface area contributed by atoms with Crippen molar-refractivity contribution in [1.82, 2.24) is 0 Å². The van der Waals surface area contributed by atoms with Crippen LogP contribution in [0.3, 0.4) is 0 Å². The summed E-state index contributed by atoms with van der Waals surface area (Å²) in [6.07, 6.45) is 3.55. The van der Waals surface area contributed by atoms with Crippen molar-refractivity contribution in [1.29, 1.82) is 0 Å². The quantitative estimate of drug-likeness (QED) is 0.178. The van der Waals surface area contributed by atoms with E-state index < -0.39 is 22.6 Å². The highest BCUT2D eigenvalue weighted by atomic mass is 35.5. The molecule has 3 nitrogen and oxygen atoms in total. The van der Waals surface area contributed by atoms with E-state index in [1.165, 1.54) is 10.4 Å². The predicted octanol–water partition coefficient (Wildman–Crippen LogP) is 8.30. The summed E-state index contributed by atoms with van der Waals surface area (Å²) in [5.74, 6) is -0.403. The molecule has 0 aliphatic heterocycles. The van der Waals surface area contributed by atoms with Crippen molar-refractivity contribution in [2.45, 2.75) is 116 Å². The Morgan fingerprint density at radius 3 is 1.66 bits per heavy atom. The van der Waals surface area contributed by atoms with E-state index in [1.807, 2.05) is 19.1 Å². The van der Waals surface area contributed by atoms with Gasteiger partial charge in [-0.15, -0.1) is 0 Å². The fraction of sp³-hybridized carbons (Fsp3) is 0.594. The number of carbonyl (C=O) groups excluding carboxylic acids is 1. The van der Waals surface area contributed by atoms with Gasteiger partial charge in [-0.05, 0) is 70.8 Å². The molecule has 0 aromatic heterocycles. The molecule has 0 radical (unpaired) electrons. The summed E-state index contributed by atoms with van der Waals surface area (Å²) in [7, 11) is -4.66. The van der Waals surface area contributed by atoms with Gasteiger partial charge in [0.2, 0.25) is 5.24 Å². The van der Waals surface area contributed by atoms with Crippen LogP contribution in [0, 0.1) is 5.92 Å². The van der Waals surface area contributed by atoms with Crippen molar-refractivity contribution in [3.8, 4) is 0 Å². The van der Waals surface area contributed by atoms with E-state index in [-0.39, 0.29) is 27.5 Å². The van der Waals surface area contributed by atoms with E-state index >= 15 is 0 Å². The molecule has 212 valence electrons. The first kappa shape index (κ1) is 33.0. The third-order valence-corrected chi connectivity index (χ3v) is 18.3. The van der Waals surface area contributed by atoms with Crippen molar-refractivity contribution in [2.75, 3.05) is 0 Å². The smallest absolute Gasteiger partial charge is 0.261 e. The van der Waals surface area contributed by atoms with Gasteiger partial charge in [-0.1, -0.05) is 116 Å². The number of halogens is 1. The average molecular weight is 575 g/mol. The van der Waals surface area contributed by atoms with Crippen molar-refractivity contribution in [2.24, 2.45) is 5.92 Å². The zero-order chi connectivity index (χ0) is 28.8. The molecule has 3 atom stereocenters. The van der Waals surface area contributed by atoms with Gasteiger partial charge in [0.1, 0.15) is 0 Å². The number of carbonyl (C=O) groups is 1. The summed E-state index contributed by atoms with van der Waals surface area (Å²) in [6.45, 7) is 22.4. The number of rotatable bonds is 13. The van der Waals surface area contributed by atoms with Gasteiger partial charge in [-0.3, -0.25) is 4.79 Å². The largest absolute Gasteiger partial charge is 0.414 e. The Balaban J connectivity index is 2.42. The molecule has 6 heteroatoms. The molecule has 0 fully saturated rings. The lowest BCUT2D eigenvalue weighted by molar-refractivity contribution is -0.117. The van der Waals surface area contributed by atoms with E-state index in [4.69, 9.17) is 20.5 Å². The molecule has 2 rings (SSSR count). The van der Waals surface area contributed by atoms with Crippen LogP contribution < -0.4 is 10.4 Å². The number of benzene rings is 2. The summed E-state index contributed by atoms with van der Waals surface area (Å²) in [5, 5.41) is 2.10. The van der Waals surface area contributed by atoms with E-state index in [1.54, 1.807) is 0 Å². The molecule has 0 saturated carbocycles. The summed E-state index contributed by atoms with van der Waals surface area (Å²) in [5.41, 5.74) is 0. The van der Waals surface area contributed by atoms with Gasteiger partial charge >= 0.3 is 0 Å². The van der Waals surface area contributed by atoms with Crippen LogP contribution >= 0.6 is 11.6 Å². The molecule has 2 aromatic carbocycles. The van der Waals surface area contributed by atoms with Crippen LogP contribution in [0.25, 0.3) is 0 Å². The molecule has 0 amide bonds. The second-order valence-corrected chi connectivity index (χ2v) is 22.6. The predicted molar refractivity (Wildman–Crippen MR) is 169 cm³/mol. The topological polar surface area (TPSA) is 35.5 Å². The van der Waals surface area contributed by atoms with E-state index in [2.05, 4.69) is 110 Å². The van der Waals surface area contributed by atoms with Crippen molar-refractivity contribution >= 4 is 43.9 Å². The molecule has 2 aromatic rings. The molecule has 0 saturated heterocycles. The minimum atomic E-state index is -2.80. The molecule has 0 bridgehead atoms. The lowest BCUT2D eigenvalue weighted by Gasteiger charge is -2.46. The molecule has 0 N–H and O–H groups in total. The molecule has 0 spiro atoms. The van der Waals surface area contributed by atoms with Gasteiger partial charge < -0.3 is 8.85 Å². The first-order valence-corrected chi connectivity index (χ1v) is 19.4. The average Bonchev–Trinajstić information content (AvgIpc) is 2.84. The number of hydrogen-bond donors (Lipinski definition) is 0. The molecule has 38 heavy (non-hydrogen) atoms. The fourth-order valence-electron chi connectivity index (χ4n) is 4.96. The van der Waals surface area contributed by atoms with Crippen LogP contribution in [-0.4, -0.2) is 34.1 Å². The van der Waals surface area contributed by atoms with Crippen molar-refractivity contribution < 1.29 is 13.6 Å². The van der Waals surface area contributed by atoms with Crippen LogP contribution in [0.2, 0.25) is 23.2 Å². The summed E-state index contributed by atoms with van der Waals surface area (Å²) in [4.78, 5) is 12.5. The second-order valence-electron chi connectivity index (χ2n) is 13.3. The maximum Gasteiger partial charge on any atom is 0.261 e. The Kier molecular flexibility index (Phi) is 11.6. The van der Waals surface area contributed by atoms with E-state index in [9.17, 15) is 4.79 Å². The monoisotopic (exact) mass is 574 g/mol. The first-order chi connectivity index (χ1) is 17.6. The van der Waals surface area contributed by atoms with Gasteiger partial charge in [0.15, 0.2) is 8.32 Å². The van der Waals surface area contributed by atoms with Crippen LogP contribution in [0.4, 0.5) is 0 Å². The minimum absolute atomic E-state index is 0.166. The second kappa shape index (κ2) is 13.4. The van der Waals surface area contributed by atoms with Crippen molar-refractivity contribution in [3.05, 3.63) is 60.7 Å². The first-order valence-electron chi connectivity index (χ1n) is 14.2. The Morgan fingerprint density at radius 2 is 1.29 bits per heavy atom. The zero-order valence-corrected chi connectivity index (χ0v) is 28.2. The molecular weight excluding hydrogens is 524 g/mol. The van der Waals surface area contributed by atoms with Crippen LogP contribution in [0.1, 0.15) is 81.1 Å². The summed E-state index contributed by atoms with van der Waals surface area (Å²) < 4.78 is 14.1. The Morgan fingerprint density at radius 1 is 0.816 bits per heavy atom. The minimum Gasteiger partial charge on any atom is -0.414 e. The summed E-state index contributed by atoms with van der Waals surface area (Å²) >= 11 is 6.14. The highest BCUT2D eigenvalue weighted by Crippen LogP contribution is 2.40. The van der Waals surface area contributed by atoms with E-state index in [0.717, 1.165) is 25.7 Å². The summed E-state index contributed by atoms with van der Waals surface area (Å²) in [6, 6.07) is 21.2. The fourth-order valence-corrected chi connectivity index (χ4v) is 11.4. The van der Waals surface area contributed by atoms with Gasteiger partial charge in [0.25, 0.3) is 8.32 Å². The Hall–Kier alpha value is -1.25. The van der Waals surface area contributed by atoms with Crippen LogP contribution in [0.15, 0.2) is 60.7 Å². The van der Waals surface area contributed by atoms with Gasteiger partial charge in [-0.25, -0.2) is 0 Å². The van der Waals surface area contributed by atoms with Gasteiger partial charge in [0.05, 0.1) is 12.0 Å². The standard InChI is InChI=1S/C32H51ClO3Si2/c1-11-26(35-37(9,10)31(3,4)5)19-18-24-29(25(2)30(33)34)36-38(32(6,7)8,27-20-14-12-15-21-27)28-22-16-13-17-23-28/h12-17,20-23,25-26,29H,11,18-19,24H2,1-10H3/t25-,26-,29+/m1/s1. The lowest BCUT2D eigenvalue weighted by atomic mass is 9.99. The lowest BCUT2D eigenvalue weighted by Crippen LogP contribution is -2.68. The Labute approximate surface area is 239 Å².